The Morgan fingerprint density at radius 2 is 1.76 bits per heavy atom. The number of aryl methyl sites for hydroxylation is 1. The lowest BCUT2D eigenvalue weighted by Gasteiger charge is -2.31. The highest BCUT2D eigenvalue weighted by atomic mass is 35.5. The van der Waals surface area contributed by atoms with E-state index in [1.54, 1.807) is 0 Å². The van der Waals surface area contributed by atoms with Gasteiger partial charge in [-0.3, -0.25) is 4.98 Å². The zero-order chi connectivity index (χ0) is 21.5. The second-order valence-electron chi connectivity index (χ2n) is 8.31. The minimum absolute atomic E-state index is 0. The average molecular weight is 461 g/mol. The third-order valence-electron chi connectivity index (χ3n) is 6.15. The summed E-state index contributed by atoms with van der Waals surface area (Å²) in [6.45, 7) is 4.37. The van der Waals surface area contributed by atoms with Crippen LogP contribution in [0, 0.1) is 6.92 Å². The van der Waals surface area contributed by atoms with Crippen molar-refractivity contribution >= 4 is 29.0 Å². The number of pyridine rings is 1. The van der Waals surface area contributed by atoms with E-state index in [1.165, 1.54) is 11.3 Å². The molecule has 1 aromatic heterocycles. The Morgan fingerprint density at radius 1 is 0.970 bits per heavy atom. The summed E-state index contributed by atoms with van der Waals surface area (Å²) in [4.78, 5) is 7.29. The van der Waals surface area contributed by atoms with Gasteiger partial charge in [0.2, 0.25) is 0 Å². The standard InChI is InChI=1S/C27H24N2O3.ClH/c1-18-22-13-14-29(16-21-17-30-25-9-5-6-10-26(25)32-21)27(22)23-15-20(11-12-24(23)28-18)31-19-7-3-2-4-8-19;/h2-12,15,21H,13-14,16-17H2,1H3;1H/t21-;/m1./s1. The SMILES string of the molecule is Cc1nc2ccc(Oc3ccccc3)cc2c2c1CCN2C[C@@H]1COc2ccccc2O1.Cl. The smallest absolute Gasteiger partial charge is 0.161 e. The van der Waals surface area contributed by atoms with Crippen molar-refractivity contribution in [2.45, 2.75) is 19.4 Å². The van der Waals surface area contributed by atoms with E-state index in [1.807, 2.05) is 66.7 Å². The zero-order valence-electron chi connectivity index (χ0n) is 18.4. The number of fused-ring (bicyclic) bond motifs is 4. The molecule has 6 rings (SSSR count). The minimum Gasteiger partial charge on any atom is -0.486 e. The van der Waals surface area contributed by atoms with Gasteiger partial charge in [-0.2, -0.15) is 0 Å². The van der Waals surface area contributed by atoms with Gasteiger partial charge in [-0.1, -0.05) is 30.3 Å². The molecule has 0 fully saturated rings. The van der Waals surface area contributed by atoms with Crippen LogP contribution in [0.5, 0.6) is 23.0 Å². The summed E-state index contributed by atoms with van der Waals surface area (Å²) in [6.07, 6.45) is 0.959. The first-order valence-electron chi connectivity index (χ1n) is 11.0. The summed E-state index contributed by atoms with van der Waals surface area (Å²) < 4.78 is 18.3. The number of rotatable bonds is 4. The fourth-order valence-electron chi connectivity index (χ4n) is 4.67. The predicted octanol–water partition coefficient (Wildman–Crippen LogP) is 5.96. The van der Waals surface area contributed by atoms with Crippen molar-refractivity contribution in [3.63, 3.8) is 0 Å². The second-order valence-corrected chi connectivity index (χ2v) is 8.31. The van der Waals surface area contributed by atoms with Crippen molar-refractivity contribution in [2.24, 2.45) is 0 Å². The van der Waals surface area contributed by atoms with Gasteiger partial charge in [0.15, 0.2) is 17.6 Å². The summed E-state index contributed by atoms with van der Waals surface area (Å²) in [7, 11) is 0. The Hall–Kier alpha value is -3.44. The zero-order valence-corrected chi connectivity index (χ0v) is 19.2. The van der Waals surface area contributed by atoms with Gasteiger partial charge >= 0.3 is 0 Å². The van der Waals surface area contributed by atoms with Gasteiger partial charge in [0.1, 0.15) is 18.1 Å². The molecule has 2 aliphatic heterocycles. The molecule has 0 unspecified atom stereocenters. The van der Waals surface area contributed by atoms with Crippen LogP contribution in [-0.4, -0.2) is 30.8 Å². The topological polar surface area (TPSA) is 43.8 Å². The lowest BCUT2D eigenvalue weighted by atomic mass is 10.1. The van der Waals surface area contributed by atoms with Crippen molar-refractivity contribution < 1.29 is 14.2 Å². The maximum absolute atomic E-state index is 6.25. The van der Waals surface area contributed by atoms with Crippen LogP contribution in [0.15, 0.2) is 72.8 Å². The molecule has 6 heteroatoms. The molecule has 0 aliphatic carbocycles. The molecule has 0 saturated carbocycles. The normalized spacial score (nSPS) is 16.3. The molecule has 0 radical (unpaired) electrons. The quantitative estimate of drug-likeness (QED) is 0.376. The molecule has 0 spiro atoms. The molecular formula is C27H25ClN2O3. The van der Waals surface area contributed by atoms with Crippen molar-refractivity contribution in [2.75, 3.05) is 24.6 Å². The van der Waals surface area contributed by atoms with Crippen LogP contribution >= 0.6 is 12.4 Å². The predicted molar refractivity (Wildman–Crippen MR) is 133 cm³/mol. The molecule has 2 aliphatic rings. The first-order valence-corrected chi connectivity index (χ1v) is 11.0. The molecule has 4 aromatic rings. The van der Waals surface area contributed by atoms with Crippen molar-refractivity contribution in [3.05, 3.63) is 84.1 Å². The molecular weight excluding hydrogens is 436 g/mol. The lowest BCUT2D eigenvalue weighted by molar-refractivity contribution is 0.0956. The number of hydrogen-bond acceptors (Lipinski definition) is 5. The van der Waals surface area contributed by atoms with E-state index in [4.69, 9.17) is 19.2 Å². The van der Waals surface area contributed by atoms with Crippen LogP contribution in [-0.2, 0) is 6.42 Å². The van der Waals surface area contributed by atoms with Crippen LogP contribution in [0.2, 0.25) is 0 Å². The molecule has 168 valence electrons. The Morgan fingerprint density at radius 3 is 2.61 bits per heavy atom. The van der Waals surface area contributed by atoms with Gasteiger partial charge in [-0.05, 0) is 61.4 Å². The Labute approximate surface area is 199 Å². The molecule has 5 nitrogen and oxygen atoms in total. The van der Waals surface area contributed by atoms with Gasteiger partial charge in [0.25, 0.3) is 0 Å². The van der Waals surface area contributed by atoms with Gasteiger partial charge in [0.05, 0.1) is 17.7 Å². The summed E-state index contributed by atoms with van der Waals surface area (Å²) in [5.41, 5.74) is 4.64. The van der Waals surface area contributed by atoms with Crippen molar-refractivity contribution in [1.29, 1.82) is 0 Å². The van der Waals surface area contributed by atoms with Crippen LogP contribution in [0.25, 0.3) is 10.9 Å². The molecule has 3 heterocycles. The fraction of sp³-hybridized carbons (Fsp3) is 0.222. The number of nitrogens with zero attached hydrogens (tertiary/aromatic N) is 2. The average Bonchev–Trinajstić information content (AvgIpc) is 3.25. The van der Waals surface area contributed by atoms with E-state index in [0.717, 1.165) is 59.1 Å². The highest BCUT2D eigenvalue weighted by molar-refractivity contribution is 5.96. The lowest BCUT2D eigenvalue weighted by Crippen LogP contribution is -2.40. The van der Waals surface area contributed by atoms with Crippen molar-refractivity contribution in [3.8, 4) is 23.0 Å². The van der Waals surface area contributed by atoms with Crippen LogP contribution in [0.1, 0.15) is 11.3 Å². The maximum atomic E-state index is 6.25. The van der Waals surface area contributed by atoms with E-state index in [-0.39, 0.29) is 18.5 Å². The summed E-state index contributed by atoms with van der Waals surface area (Å²) in [5, 5.41) is 1.12. The molecule has 0 N–H and O–H groups in total. The van der Waals surface area contributed by atoms with Crippen LogP contribution in [0.4, 0.5) is 5.69 Å². The molecule has 33 heavy (non-hydrogen) atoms. The van der Waals surface area contributed by atoms with Crippen LogP contribution < -0.4 is 19.1 Å². The van der Waals surface area contributed by atoms with E-state index >= 15 is 0 Å². The Bertz CT molecular complexity index is 1300. The molecule has 1 atom stereocenters. The monoisotopic (exact) mass is 460 g/mol. The van der Waals surface area contributed by atoms with E-state index in [2.05, 4.69) is 17.9 Å². The molecule has 3 aromatic carbocycles. The number of para-hydroxylation sites is 3. The Kier molecular flexibility index (Phi) is 5.73. The number of hydrogen-bond donors (Lipinski definition) is 0. The number of benzene rings is 3. The first kappa shape index (κ1) is 21.4. The number of halogens is 1. The first-order chi connectivity index (χ1) is 15.7. The third kappa shape index (κ3) is 4.05. The maximum Gasteiger partial charge on any atom is 0.161 e. The van der Waals surface area contributed by atoms with Crippen LogP contribution in [0.3, 0.4) is 0 Å². The molecule has 0 amide bonds. The van der Waals surface area contributed by atoms with Gasteiger partial charge in [0, 0.05) is 17.6 Å². The molecule has 0 saturated heterocycles. The van der Waals surface area contributed by atoms with Gasteiger partial charge in [-0.15, -0.1) is 12.4 Å². The van der Waals surface area contributed by atoms with Gasteiger partial charge in [-0.25, -0.2) is 0 Å². The summed E-state index contributed by atoms with van der Waals surface area (Å²) >= 11 is 0. The van der Waals surface area contributed by atoms with E-state index < -0.39 is 0 Å². The second kappa shape index (κ2) is 8.83. The molecule has 0 bridgehead atoms. The van der Waals surface area contributed by atoms with E-state index in [9.17, 15) is 0 Å². The summed E-state index contributed by atoms with van der Waals surface area (Å²) in [5.74, 6) is 3.28. The third-order valence-corrected chi connectivity index (χ3v) is 6.15. The number of ether oxygens (including phenoxy) is 3. The number of aromatic nitrogens is 1. The highest BCUT2D eigenvalue weighted by Crippen LogP contribution is 2.39. The Balaban J connectivity index is 0.00000228. The van der Waals surface area contributed by atoms with Crippen molar-refractivity contribution in [1.82, 2.24) is 4.98 Å². The highest BCUT2D eigenvalue weighted by Gasteiger charge is 2.29. The minimum atomic E-state index is -0.0249. The van der Waals surface area contributed by atoms with Gasteiger partial charge < -0.3 is 19.1 Å². The fourth-order valence-corrected chi connectivity index (χ4v) is 4.67. The largest absolute Gasteiger partial charge is 0.486 e. The summed E-state index contributed by atoms with van der Waals surface area (Å²) in [6, 6.07) is 23.9. The van der Waals surface area contributed by atoms with E-state index in [0.29, 0.717) is 6.61 Å². The number of anilines is 1.